The second kappa shape index (κ2) is 6.61. The van der Waals surface area contributed by atoms with Crippen molar-refractivity contribution in [3.63, 3.8) is 0 Å². The van der Waals surface area contributed by atoms with Gasteiger partial charge in [-0.2, -0.15) is 0 Å². The van der Waals surface area contributed by atoms with Gasteiger partial charge >= 0.3 is 0 Å². The molecule has 2 nitrogen and oxygen atoms in total. The van der Waals surface area contributed by atoms with Gasteiger partial charge in [-0.15, -0.1) is 0 Å². The molecule has 0 saturated heterocycles. The van der Waals surface area contributed by atoms with Crippen molar-refractivity contribution in [1.29, 1.82) is 0 Å². The van der Waals surface area contributed by atoms with Gasteiger partial charge in [-0.25, -0.2) is 0 Å². The summed E-state index contributed by atoms with van der Waals surface area (Å²) >= 11 is 0. The summed E-state index contributed by atoms with van der Waals surface area (Å²) < 4.78 is 6.02. The summed E-state index contributed by atoms with van der Waals surface area (Å²) in [5, 5.41) is 3.44. The molecule has 0 aromatic heterocycles. The van der Waals surface area contributed by atoms with Crippen molar-refractivity contribution in [2.24, 2.45) is 5.92 Å². The maximum atomic E-state index is 6.02. The van der Waals surface area contributed by atoms with Gasteiger partial charge in [0.25, 0.3) is 0 Å². The fraction of sp³-hybridized carbons (Fsp3) is 1.00. The fourth-order valence-corrected chi connectivity index (χ4v) is 2.41. The molecule has 1 N–H and O–H groups in total. The number of hydrogen-bond acceptors (Lipinski definition) is 2. The van der Waals surface area contributed by atoms with Gasteiger partial charge < -0.3 is 10.1 Å². The Morgan fingerprint density at radius 3 is 2.38 bits per heavy atom. The Kier molecular flexibility index (Phi) is 5.77. The van der Waals surface area contributed by atoms with Crippen LogP contribution in [0.15, 0.2) is 0 Å². The molecule has 0 aromatic rings. The third kappa shape index (κ3) is 4.42. The van der Waals surface area contributed by atoms with Gasteiger partial charge in [0.1, 0.15) is 0 Å². The number of likely N-dealkylation sites (N-methyl/N-ethyl adjacent to an activating group) is 1. The van der Waals surface area contributed by atoms with Crippen LogP contribution >= 0.6 is 0 Å². The molecule has 2 heteroatoms. The molecule has 0 spiro atoms. The van der Waals surface area contributed by atoms with Gasteiger partial charge in [-0.3, -0.25) is 0 Å². The van der Waals surface area contributed by atoms with Crippen LogP contribution < -0.4 is 5.32 Å². The second-order valence-electron chi connectivity index (χ2n) is 5.72. The minimum atomic E-state index is 0.0315. The molecule has 1 atom stereocenters. The van der Waals surface area contributed by atoms with Gasteiger partial charge in [-0.05, 0) is 46.1 Å². The van der Waals surface area contributed by atoms with Crippen LogP contribution in [0.25, 0.3) is 0 Å². The molecule has 0 heterocycles. The predicted octanol–water partition coefficient (Wildman–Crippen LogP) is 3.36. The van der Waals surface area contributed by atoms with Crippen LogP contribution in [0.5, 0.6) is 0 Å². The Labute approximate surface area is 101 Å². The van der Waals surface area contributed by atoms with Crippen molar-refractivity contribution in [3.8, 4) is 0 Å². The molecule has 1 aliphatic rings. The lowest BCUT2D eigenvalue weighted by atomic mass is 9.84. The Hall–Kier alpha value is -0.0800. The normalized spacial score (nSPS) is 21.0. The van der Waals surface area contributed by atoms with Crippen molar-refractivity contribution >= 4 is 0 Å². The van der Waals surface area contributed by atoms with E-state index in [1.165, 1.54) is 32.1 Å². The Morgan fingerprint density at radius 2 is 1.88 bits per heavy atom. The van der Waals surface area contributed by atoms with Crippen molar-refractivity contribution in [2.45, 2.75) is 70.9 Å². The highest BCUT2D eigenvalue weighted by molar-refractivity contribution is 4.79. The summed E-state index contributed by atoms with van der Waals surface area (Å²) in [4.78, 5) is 0. The lowest BCUT2D eigenvalue weighted by molar-refractivity contribution is -0.0384. The standard InChI is InChI=1S/C14H29NO/c1-5-14(2,3)16-11-13(15-4)12-9-7-6-8-10-12/h12-13,15H,5-11H2,1-4H3. The molecular formula is C14H29NO. The Morgan fingerprint density at radius 1 is 1.25 bits per heavy atom. The minimum absolute atomic E-state index is 0.0315. The van der Waals surface area contributed by atoms with Crippen LogP contribution in [0, 0.1) is 5.92 Å². The molecule has 16 heavy (non-hydrogen) atoms. The van der Waals surface area contributed by atoms with E-state index < -0.39 is 0 Å². The van der Waals surface area contributed by atoms with Crippen molar-refractivity contribution in [2.75, 3.05) is 13.7 Å². The Balaban J connectivity index is 2.36. The molecule has 0 amide bonds. The molecule has 1 aliphatic carbocycles. The number of nitrogens with one attached hydrogen (secondary N) is 1. The number of ether oxygens (including phenoxy) is 1. The van der Waals surface area contributed by atoms with E-state index in [1.807, 2.05) is 0 Å². The van der Waals surface area contributed by atoms with Crippen LogP contribution in [-0.4, -0.2) is 25.3 Å². The SMILES string of the molecule is CCC(C)(C)OCC(NC)C1CCCCC1. The predicted molar refractivity (Wildman–Crippen MR) is 69.7 cm³/mol. The highest BCUT2D eigenvalue weighted by Gasteiger charge is 2.25. The van der Waals surface area contributed by atoms with E-state index in [4.69, 9.17) is 4.74 Å². The average Bonchev–Trinajstić information content (AvgIpc) is 2.31. The van der Waals surface area contributed by atoms with E-state index >= 15 is 0 Å². The van der Waals surface area contributed by atoms with Crippen molar-refractivity contribution in [3.05, 3.63) is 0 Å². The van der Waals surface area contributed by atoms with Gasteiger partial charge in [0, 0.05) is 6.04 Å². The maximum absolute atomic E-state index is 6.02. The molecule has 96 valence electrons. The highest BCUT2D eigenvalue weighted by Crippen LogP contribution is 2.27. The molecular weight excluding hydrogens is 198 g/mol. The molecule has 1 fully saturated rings. The van der Waals surface area contributed by atoms with Crippen LogP contribution in [0.2, 0.25) is 0 Å². The molecule has 0 aliphatic heterocycles. The van der Waals surface area contributed by atoms with E-state index in [-0.39, 0.29) is 5.60 Å². The van der Waals surface area contributed by atoms with E-state index in [9.17, 15) is 0 Å². The lowest BCUT2D eigenvalue weighted by Crippen LogP contribution is -2.41. The van der Waals surface area contributed by atoms with Crippen LogP contribution in [0.1, 0.15) is 59.3 Å². The van der Waals surface area contributed by atoms with Gasteiger partial charge in [0.05, 0.1) is 12.2 Å². The first-order chi connectivity index (χ1) is 7.59. The van der Waals surface area contributed by atoms with Crippen LogP contribution in [0.4, 0.5) is 0 Å². The summed E-state index contributed by atoms with van der Waals surface area (Å²) in [6, 6.07) is 0.547. The third-order valence-electron chi connectivity index (χ3n) is 4.09. The first-order valence-corrected chi connectivity index (χ1v) is 6.90. The monoisotopic (exact) mass is 227 g/mol. The average molecular weight is 227 g/mol. The van der Waals surface area contributed by atoms with E-state index in [0.29, 0.717) is 6.04 Å². The lowest BCUT2D eigenvalue weighted by Gasteiger charge is -2.33. The molecule has 1 rings (SSSR count). The smallest absolute Gasteiger partial charge is 0.0629 e. The Bertz CT molecular complexity index is 185. The highest BCUT2D eigenvalue weighted by atomic mass is 16.5. The van der Waals surface area contributed by atoms with Crippen LogP contribution in [0.3, 0.4) is 0 Å². The number of rotatable bonds is 6. The summed E-state index contributed by atoms with van der Waals surface area (Å²) in [6.07, 6.45) is 8.06. The van der Waals surface area contributed by atoms with Crippen LogP contribution in [-0.2, 0) is 4.74 Å². The maximum Gasteiger partial charge on any atom is 0.0629 e. The number of hydrogen-bond donors (Lipinski definition) is 1. The van der Waals surface area contributed by atoms with Crippen molar-refractivity contribution < 1.29 is 4.74 Å². The van der Waals surface area contributed by atoms with Gasteiger partial charge in [0.2, 0.25) is 0 Å². The summed E-state index contributed by atoms with van der Waals surface area (Å²) in [5.41, 5.74) is 0.0315. The third-order valence-corrected chi connectivity index (χ3v) is 4.09. The zero-order valence-electron chi connectivity index (χ0n) is 11.5. The molecule has 0 radical (unpaired) electrons. The zero-order chi connectivity index (χ0) is 12.0. The first-order valence-electron chi connectivity index (χ1n) is 6.90. The van der Waals surface area contributed by atoms with E-state index in [2.05, 4.69) is 33.1 Å². The van der Waals surface area contributed by atoms with E-state index in [0.717, 1.165) is 18.9 Å². The quantitative estimate of drug-likeness (QED) is 0.751. The first kappa shape index (κ1) is 14.0. The topological polar surface area (TPSA) is 21.3 Å². The molecule has 1 saturated carbocycles. The molecule has 0 aromatic carbocycles. The van der Waals surface area contributed by atoms with E-state index in [1.54, 1.807) is 0 Å². The molecule has 0 bridgehead atoms. The summed E-state index contributed by atoms with van der Waals surface area (Å²) in [5.74, 6) is 0.825. The van der Waals surface area contributed by atoms with Gasteiger partial charge in [-0.1, -0.05) is 26.2 Å². The van der Waals surface area contributed by atoms with Crippen molar-refractivity contribution in [1.82, 2.24) is 5.32 Å². The fourth-order valence-electron chi connectivity index (χ4n) is 2.41. The minimum Gasteiger partial charge on any atom is -0.374 e. The summed E-state index contributed by atoms with van der Waals surface area (Å²) in [7, 11) is 2.07. The molecule has 1 unspecified atom stereocenters. The largest absolute Gasteiger partial charge is 0.374 e. The second-order valence-corrected chi connectivity index (χ2v) is 5.72. The zero-order valence-corrected chi connectivity index (χ0v) is 11.5. The van der Waals surface area contributed by atoms with Gasteiger partial charge in [0.15, 0.2) is 0 Å². The summed E-state index contributed by atoms with van der Waals surface area (Å²) in [6.45, 7) is 7.41.